The number of hydrogen-bond donors (Lipinski definition) is 1. The van der Waals surface area contributed by atoms with Crippen molar-refractivity contribution in [3.8, 4) is 0 Å². The maximum atomic E-state index is 13.1. The van der Waals surface area contributed by atoms with Gasteiger partial charge in [-0.3, -0.25) is 9.59 Å². The molecule has 27 heavy (non-hydrogen) atoms. The zero-order chi connectivity index (χ0) is 19.6. The van der Waals surface area contributed by atoms with Crippen molar-refractivity contribution in [2.45, 2.75) is 20.3 Å². The van der Waals surface area contributed by atoms with Crippen LogP contribution in [0.25, 0.3) is 0 Å². The second-order valence-corrected chi connectivity index (χ2v) is 8.12. The Kier molecular flexibility index (Phi) is 6.08. The van der Waals surface area contributed by atoms with Crippen LogP contribution in [0, 0.1) is 11.8 Å². The topological polar surface area (TPSA) is 49.4 Å². The molecule has 1 fully saturated rings. The van der Waals surface area contributed by atoms with Gasteiger partial charge in [0.2, 0.25) is 0 Å². The number of carbonyl (C=O) groups excluding carboxylic acids is 2. The van der Waals surface area contributed by atoms with Crippen LogP contribution in [0.1, 0.15) is 41.0 Å². The standard InChI is InChI=1S/C21H22Cl2N2O2/c1-13-9-14(2)12-25(11-13)21(27)16-5-3-4-6-19(16)24-20(26)17-10-15(22)7-8-18(17)23/h3-8,10,13-14H,9,11-12H2,1-2H3,(H,24,26). The van der Waals surface area contributed by atoms with E-state index in [1.807, 2.05) is 4.90 Å². The molecule has 2 aromatic carbocycles. The van der Waals surface area contributed by atoms with Gasteiger partial charge in [-0.1, -0.05) is 49.2 Å². The number of nitrogens with zero attached hydrogens (tertiary/aromatic N) is 1. The summed E-state index contributed by atoms with van der Waals surface area (Å²) in [6, 6.07) is 11.8. The van der Waals surface area contributed by atoms with Gasteiger partial charge in [0.15, 0.2) is 0 Å². The quantitative estimate of drug-likeness (QED) is 0.747. The van der Waals surface area contributed by atoms with E-state index in [-0.39, 0.29) is 11.5 Å². The highest BCUT2D eigenvalue weighted by Gasteiger charge is 2.27. The summed E-state index contributed by atoms with van der Waals surface area (Å²) in [6.07, 6.45) is 1.12. The lowest BCUT2D eigenvalue weighted by Crippen LogP contribution is -2.42. The van der Waals surface area contributed by atoms with E-state index in [1.54, 1.807) is 36.4 Å². The number of halogens is 2. The number of nitrogens with one attached hydrogen (secondary N) is 1. The first-order valence-corrected chi connectivity index (χ1v) is 9.75. The summed E-state index contributed by atoms with van der Waals surface area (Å²) in [7, 11) is 0. The number of hydrogen-bond acceptors (Lipinski definition) is 2. The molecular weight excluding hydrogens is 383 g/mol. The third-order valence-electron chi connectivity index (χ3n) is 4.73. The minimum Gasteiger partial charge on any atom is -0.338 e. The number of rotatable bonds is 3. The molecule has 2 aromatic rings. The molecule has 1 N–H and O–H groups in total. The van der Waals surface area contributed by atoms with Crippen molar-refractivity contribution < 1.29 is 9.59 Å². The molecule has 1 aliphatic heterocycles. The molecule has 0 spiro atoms. The van der Waals surface area contributed by atoms with Gasteiger partial charge in [0.05, 0.1) is 21.8 Å². The van der Waals surface area contributed by atoms with E-state index >= 15 is 0 Å². The summed E-state index contributed by atoms with van der Waals surface area (Å²) in [6.45, 7) is 5.77. The maximum Gasteiger partial charge on any atom is 0.257 e. The van der Waals surface area contributed by atoms with E-state index in [4.69, 9.17) is 23.2 Å². The Morgan fingerprint density at radius 3 is 2.37 bits per heavy atom. The van der Waals surface area contributed by atoms with E-state index in [0.717, 1.165) is 19.5 Å². The predicted octanol–water partition coefficient (Wildman–Crippen LogP) is 5.36. The number of piperidine rings is 1. The van der Waals surface area contributed by atoms with Gasteiger partial charge in [0.25, 0.3) is 11.8 Å². The van der Waals surface area contributed by atoms with E-state index in [9.17, 15) is 9.59 Å². The largest absolute Gasteiger partial charge is 0.338 e. The monoisotopic (exact) mass is 404 g/mol. The second kappa shape index (κ2) is 8.32. The molecule has 1 heterocycles. The van der Waals surface area contributed by atoms with E-state index in [0.29, 0.717) is 33.1 Å². The van der Waals surface area contributed by atoms with Crippen LogP contribution in [0.3, 0.4) is 0 Å². The van der Waals surface area contributed by atoms with E-state index in [2.05, 4.69) is 19.2 Å². The molecule has 2 amide bonds. The van der Waals surface area contributed by atoms with Crippen molar-refractivity contribution in [1.82, 2.24) is 4.90 Å². The Morgan fingerprint density at radius 2 is 1.67 bits per heavy atom. The van der Waals surface area contributed by atoms with Crippen LogP contribution in [-0.2, 0) is 0 Å². The molecule has 3 rings (SSSR count). The van der Waals surface area contributed by atoms with Gasteiger partial charge in [-0.15, -0.1) is 0 Å². The van der Waals surface area contributed by atoms with Crippen LogP contribution in [0.4, 0.5) is 5.69 Å². The summed E-state index contributed by atoms with van der Waals surface area (Å²) in [4.78, 5) is 27.6. The molecule has 0 aromatic heterocycles. The van der Waals surface area contributed by atoms with Gasteiger partial charge >= 0.3 is 0 Å². The highest BCUT2D eigenvalue weighted by molar-refractivity contribution is 6.36. The highest BCUT2D eigenvalue weighted by Crippen LogP contribution is 2.26. The van der Waals surface area contributed by atoms with E-state index < -0.39 is 5.91 Å². The molecule has 0 saturated carbocycles. The maximum absolute atomic E-state index is 13.1. The summed E-state index contributed by atoms with van der Waals surface area (Å²) < 4.78 is 0. The van der Waals surface area contributed by atoms with Gasteiger partial charge < -0.3 is 10.2 Å². The molecule has 0 aliphatic carbocycles. The van der Waals surface area contributed by atoms with Crippen molar-refractivity contribution in [3.05, 3.63) is 63.6 Å². The fourth-order valence-corrected chi connectivity index (χ4v) is 4.01. The first-order chi connectivity index (χ1) is 12.8. The molecule has 0 bridgehead atoms. The lowest BCUT2D eigenvalue weighted by Gasteiger charge is -2.35. The lowest BCUT2D eigenvalue weighted by atomic mass is 9.91. The molecule has 1 aliphatic rings. The van der Waals surface area contributed by atoms with Gasteiger partial charge in [-0.25, -0.2) is 0 Å². The van der Waals surface area contributed by atoms with Gasteiger partial charge in [-0.05, 0) is 48.6 Å². The second-order valence-electron chi connectivity index (χ2n) is 7.28. The first-order valence-electron chi connectivity index (χ1n) is 9.00. The minimum atomic E-state index is -0.400. The molecule has 4 nitrogen and oxygen atoms in total. The molecule has 142 valence electrons. The van der Waals surface area contributed by atoms with Gasteiger partial charge in [0.1, 0.15) is 0 Å². The summed E-state index contributed by atoms with van der Waals surface area (Å²) in [5, 5.41) is 3.53. The Bertz CT molecular complexity index is 859. The third-order valence-corrected chi connectivity index (χ3v) is 5.30. The first kappa shape index (κ1) is 19.7. The van der Waals surface area contributed by atoms with Crippen LogP contribution >= 0.6 is 23.2 Å². The smallest absolute Gasteiger partial charge is 0.257 e. The van der Waals surface area contributed by atoms with Crippen LogP contribution in [0.5, 0.6) is 0 Å². The lowest BCUT2D eigenvalue weighted by molar-refractivity contribution is 0.0624. The number of benzene rings is 2. The fourth-order valence-electron chi connectivity index (χ4n) is 3.64. The highest BCUT2D eigenvalue weighted by atomic mass is 35.5. The molecular formula is C21H22Cl2N2O2. The average molecular weight is 405 g/mol. The summed E-state index contributed by atoms with van der Waals surface area (Å²) in [5.74, 6) is 0.457. The molecule has 0 radical (unpaired) electrons. The fraction of sp³-hybridized carbons (Fsp3) is 0.333. The van der Waals surface area contributed by atoms with E-state index in [1.165, 1.54) is 6.07 Å². The minimum absolute atomic E-state index is 0.0681. The zero-order valence-corrected chi connectivity index (χ0v) is 16.8. The number of likely N-dealkylation sites (tertiary alicyclic amines) is 1. The molecule has 2 atom stereocenters. The Hall–Kier alpha value is -2.04. The van der Waals surface area contributed by atoms with Crippen molar-refractivity contribution in [1.29, 1.82) is 0 Å². The average Bonchev–Trinajstić information content (AvgIpc) is 2.62. The van der Waals surface area contributed by atoms with Gasteiger partial charge in [-0.2, -0.15) is 0 Å². The zero-order valence-electron chi connectivity index (χ0n) is 15.3. The number of para-hydroxylation sites is 1. The molecule has 1 saturated heterocycles. The van der Waals surface area contributed by atoms with Crippen LogP contribution in [0.2, 0.25) is 10.0 Å². The predicted molar refractivity (Wildman–Crippen MR) is 110 cm³/mol. The van der Waals surface area contributed by atoms with Crippen LogP contribution in [0.15, 0.2) is 42.5 Å². The molecule has 2 unspecified atom stereocenters. The normalized spacial score (nSPS) is 19.6. The van der Waals surface area contributed by atoms with Gasteiger partial charge in [0, 0.05) is 18.1 Å². The summed E-state index contributed by atoms with van der Waals surface area (Å²) in [5.41, 5.74) is 1.21. The third kappa shape index (κ3) is 4.63. The number of carbonyl (C=O) groups is 2. The Morgan fingerprint density at radius 1 is 1.00 bits per heavy atom. The van der Waals surface area contributed by atoms with Crippen molar-refractivity contribution in [3.63, 3.8) is 0 Å². The van der Waals surface area contributed by atoms with Crippen LogP contribution in [-0.4, -0.2) is 29.8 Å². The Labute approximate surface area is 169 Å². The van der Waals surface area contributed by atoms with Crippen molar-refractivity contribution in [2.24, 2.45) is 11.8 Å². The molecule has 6 heteroatoms. The van der Waals surface area contributed by atoms with Crippen LogP contribution < -0.4 is 5.32 Å². The number of anilines is 1. The summed E-state index contributed by atoms with van der Waals surface area (Å²) >= 11 is 12.1. The van der Waals surface area contributed by atoms with Crippen molar-refractivity contribution >= 4 is 40.7 Å². The van der Waals surface area contributed by atoms with Crippen molar-refractivity contribution in [2.75, 3.05) is 18.4 Å². The SMILES string of the molecule is CC1CC(C)CN(C(=O)c2ccccc2NC(=O)c2cc(Cl)ccc2Cl)C1. The number of amides is 2. The Balaban J connectivity index is 1.84.